The molecule has 0 heterocycles. The maximum Gasteiger partial charge on any atom is 0.306 e. The third-order valence-corrected chi connectivity index (χ3v) is 3.81. The molecule has 1 rings (SSSR count). The van der Waals surface area contributed by atoms with Crippen molar-refractivity contribution in [3.05, 3.63) is 0 Å². The van der Waals surface area contributed by atoms with Crippen LogP contribution in [-0.2, 0) is 9.59 Å². The highest BCUT2D eigenvalue weighted by Gasteiger charge is 2.20. The standard InChI is InChI=1S/C14H24O3/c1-2-4-12(14(16)17)6-3-5-11-7-9-13(15)10-8-11/h11-12H,2-10H2,1H3,(H,16,17). The van der Waals surface area contributed by atoms with Gasteiger partial charge in [-0.05, 0) is 31.6 Å². The van der Waals surface area contributed by atoms with Crippen molar-refractivity contribution in [2.45, 2.75) is 64.7 Å². The van der Waals surface area contributed by atoms with E-state index in [0.29, 0.717) is 11.7 Å². The fourth-order valence-electron chi connectivity index (χ4n) is 2.68. The second-order valence-electron chi connectivity index (χ2n) is 5.24. The summed E-state index contributed by atoms with van der Waals surface area (Å²) in [5.74, 6) is 0.246. The Labute approximate surface area is 104 Å². The quantitative estimate of drug-likeness (QED) is 0.741. The van der Waals surface area contributed by atoms with Gasteiger partial charge in [-0.1, -0.05) is 26.2 Å². The van der Waals surface area contributed by atoms with Gasteiger partial charge in [-0.25, -0.2) is 0 Å². The third kappa shape index (κ3) is 5.33. The minimum absolute atomic E-state index is 0.162. The van der Waals surface area contributed by atoms with E-state index in [1.165, 1.54) is 0 Å². The van der Waals surface area contributed by atoms with Gasteiger partial charge in [0.05, 0.1) is 5.92 Å². The number of carboxylic acid groups (broad SMARTS) is 1. The SMILES string of the molecule is CCCC(CCCC1CCC(=O)CC1)C(=O)O. The van der Waals surface area contributed by atoms with Crippen LogP contribution in [0.5, 0.6) is 0 Å². The topological polar surface area (TPSA) is 54.4 Å². The van der Waals surface area contributed by atoms with Crippen molar-refractivity contribution in [2.24, 2.45) is 11.8 Å². The molecule has 1 atom stereocenters. The Morgan fingerprint density at radius 3 is 2.53 bits per heavy atom. The summed E-state index contributed by atoms with van der Waals surface area (Å²) in [5, 5.41) is 9.03. The van der Waals surface area contributed by atoms with Gasteiger partial charge in [-0.3, -0.25) is 9.59 Å². The molecule has 0 bridgehead atoms. The van der Waals surface area contributed by atoms with E-state index in [1.54, 1.807) is 0 Å². The molecule has 0 radical (unpaired) electrons. The van der Waals surface area contributed by atoms with E-state index >= 15 is 0 Å². The summed E-state index contributed by atoms with van der Waals surface area (Å²) in [6.45, 7) is 2.03. The lowest BCUT2D eigenvalue weighted by Gasteiger charge is -2.21. The van der Waals surface area contributed by atoms with Crippen molar-refractivity contribution in [3.63, 3.8) is 0 Å². The number of hydrogen-bond acceptors (Lipinski definition) is 2. The highest BCUT2D eigenvalue weighted by molar-refractivity contribution is 5.79. The molecule has 0 aromatic heterocycles. The molecule has 17 heavy (non-hydrogen) atoms. The van der Waals surface area contributed by atoms with Crippen molar-refractivity contribution in [3.8, 4) is 0 Å². The van der Waals surface area contributed by atoms with Crippen LogP contribution in [0.3, 0.4) is 0 Å². The second-order valence-corrected chi connectivity index (χ2v) is 5.24. The number of carbonyl (C=O) groups is 2. The van der Waals surface area contributed by atoms with Gasteiger partial charge in [0, 0.05) is 12.8 Å². The van der Waals surface area contributed by atoms with Crippen LogP contribution in [0.15, 0.2) is 0 Å². The summed E-state index contributed by atoms with van der Waals surface area (Å²) in [5.41, 5.74) is 0. The van der Waals surface area contributed by atoms with Crippen LogP contribution < -0.4 is 0 Å². The smallest absolute Gasteiger partial charge is 0.306 e. The van der Waals surface area contributed by atoms with Crippen molar-refractivity contribution < 1.29 is 14.7 Å². The predicted molar refractivity (Wildman–Crippen MR) is 66.8 cm³/mol. The fourth-order valence-corrected chi connectivity index (χ4v) is 2.68. The molecular weight excluding hydrogens is 216 g/mol. The Bertz CT molecular complexity index is 250. The maximum absolute atomic E-state index is 11.1. The molecule has 3 heteroatoms. The minimum Gasteiger partial charge on any atom is -0.481 e. The number of aliphatic carboxylic acids is 1. The number of hydrogen-bond donors (Lipinski definition) is 1. The fraction of sp³-hybridized carbons (Fsp3) is 0.857. The zero-order chi connectivity index (χ0) is 12.7. The molecule has 0 spiro atoms. The lowest BCUT2D eigenvalue weighted by molar-refractivity contribution is -0.142. The molecule has 1 N–H and O–H groups in total. The molecule has 1 fully saturated rings. The van der Waals surface area contributed by atoms with E-state index in [9.17, 15) is 9.59 Å². The molecule has 1 unspecified atom stereocenters. The van der Waals surface area contributed by atoms with Gasteiger partial charge in [-0.2, -0.15) is 0 Å². The molecule has 3 nitrogen and oxygen atoms in total. The number of Topliss-reactive ketones (excluding diaryl/α,β-unsaturated/α-hetero) is 1. The maximum atomic E-state index is 11.1. The van der Waals surface area contributed by atoms with E-state index in [0.717, 1.165) is 57.8 Å². The minimum atomic E-state index is -0.648. The Morgan fingerprint density at radius 1 is 1.35 bits per heavy atom. The van der Waals surface area contributed by atoms with Crippen LogP contribution in [0.1, 0.15) is 64.7 Å². The van der Waals surface area contributed by atoms with Crippen molar-refractivity contribution in [1.29, 1.82) is 0 Å². The average Bonchev–Trinajstić information content (AvgIpc) is 2.30. The van der Waals surface area contributed by atoms with E-state index in [-0.39, 0.29) is 5.92 Å². The molecule has 1 saturated carbocycles. The van der Waals surface area contributed by atoms with Crippen molar-refractivity contribution in [2.75, 3.05) is 0 Å². The van der Waals surface area contributed by atoms with Gasteiger partial charge in [0.1, 0.15) is 5.78 Å². The molecule has 0 aromatic rings. The Morgan fingerprint density at radius 2 is 2.00 bits per heavy atom. The molecule has 0 saturated heterocycles. The van der Waals surface area contributed by atoms with Crippen LogP contribution in [0.25, 0.3) is 0 Å². The molecule has 98 valence electrons. The Kier molecular flexibility index (Phi) is 6.23. The van der Waals surface area contributed by atoms with Crippen LogP contribution in [-0.4, -0.2) is 16.9 Å². The zero-order valence-electron chi connectivity index (χ0n) is 10.8. The number of carbonyl (C=O) groups excluding carboxylic acids is 1. The zero-order valence-corrected chi connectivity index (χ0v) is 10.8. The first-order valence-electron chi connectivity index (χ1n) is 6.88. The molecule has 0 aliphatic heterocycles. The summed E-state index contributed by atoms with van der Waals surface area (Å²) in [7, 11) is 0. The van der Waals surface area contributed by atoms with E-state index in [2.05, 4.69) is 0 Å². The van der Waals surface area contributed by atoms with Gasteiger partial charge in [0.25, 0.3) is 0 Å². The average molecular weight is 240 g/mol. The van der Waals surface area contributed by atoms with Crippen molar-refractivity contribution in [1.82, 2.24) is 0 Å². The van der Waals surface area contributed by atoms with Gasteiger partial charge in [-0.15, -0.1) is 0 Å². The number of ketones is 1. The lowest BCUT2D eigenvalue weighted by Crippen LogP contribution is -2.16. The molecule has 1 aliphatic carbocycles. The van der Waals surface area contributed by atoms with Gasteiger partial charge in [0.15, 0.2) is 0 Å². The monoisotopic (exact) mass is 240 g/mol. The highest BCUT2D eigenvalue weighted by Crippen LogP contribution is 2.27. The van der Waals surface area contributed by atoms with Gasteiger partial charge < -0.3 is 5.11 Å². The van der Waals surface area contributed by atoms with Crippen LogP contribution in [0, 0.1) is 11.8 Å². The lowest BCUT2D eigenvalue weighted by atomic mass is 9.84. The van der Waals surface area contributed by atoms with E-state index in [1.807, 2.05) is 6.92 Å². The van der Waals surface area contributed by atoms with Crippen molar-refractivity contribution >= 4 is 11.8 Å². The number of rotatable bonds is 7. The normalized spacial score (nSPS) is 19.2. The third-order valence-electron chi connectivity index (χ3n) is 3.81. The first-order valence-corrected chi connectivity index (χ1v) is 6.88. The second kappa shape index (κ2) is 7.46. The summed E-state index contributed by atoms with van der Waals surface area (Å²) >= 11 is 0. The van der Waals surface area contributed by atoms with Crippen LogP contribution >= 0.6 is 0 Å². The summed E-state index contributed by atoms with van der Waals surface area (Å²) in [4.78, 5) is 22.1. The Balaban J connectivity index is 2.17. The first kappa shape index (κ1) is 14.2. The summed E-state index contributed by atoms with van der Waals surface area (Å²) < 4.78 is 0. The highest BCUT2D eigenvalue weighted by atomic mass is 16.4. The number of carboxylic acids is 1. The first-order chi connectivity index (χ1) is 8.13. The van der Waals surface area contributed by atoms with Gasteiger partial charge >= 0.3 is 5.97 Å². The summed E-state index contributed by atoms with van der Waals surface area (Å²) in [6.07, 6.45) is 8.14. The van der Waals surface area contributed by atoms with Crippen LogP contribution in [0.2, 0.25) is 0 Å². The van der Waals surface area contributed by atoms with Crippen LogP contribution in [0.4, 0.5) is 0 Å². The van der Waals surface area contributed by atoms with Gasteiger partial charge in [0.2, 0.25) is 0 Å². The summed E-state index contributed by atoms with van der Waals surface area (Å²) in [6, 6.07) is 0. The van der Waals surface area contributed by atoms with E-state index < -0.39 is 5.97 Å². The Hall–Kier alpha value is -0.860. The molecule has 0 amide bonds. The predicted octanol–water partition coefficient (Wildman–Crippen LogP) is 3.42. The molecular formula is C14H24O3. The molecule has 1 aliphatic rings. The largest absolute Gasteiger partial charge is 0.481 e. The molecule has 0 aromatic carbocycles. The van der Waals surface area contributed by atoms with E-state index in [4.69, 9.17) is 5.11 Å².